The maximum atomic E-state index is 12.1. The van der Waals surface area contributed by atoms with Crippen molar-refractivity contribution in [2.75, 3.05) is 0 Å². The van der Waals surface area contributed by atoms with Gasteiger partial charge in [-0.1, -0.05) is 30.3 Å². The summed E-state index contributed by atoms with van der Waals surface area (Å²) in [5.41, 5.74) is 2.22. The molecule has 0 radical (unpaired) electrons. The van der Waals surface area contributed by atoms with Crippen molar-refractivity contribution in [1.82, 2.24) is 5.32 Å². The molecule has 21 heavy (non-hydrogen) atoms. The summed E-state index contributed by atoms with van der Waals surface area (Å²) < 4.78 is 5.50. The summed E-state index contributed by atoms with van der Waals surface area (Å²) in [4.78, 5) is 12.1. The fourth-order valence-corrected chi connectivity index (χ4v) is 2.06. The molecule has 0 aliphatic rings. The number of nitrogens with zero attached hydrogens (tertiary/aromatic N) is 1. The average molecular weight is 276 g/mol. The van der Waals surface area contributed by atoms with Gasteiger partial charge in [0.1, 0.15) is 5.58 Å². The molecule has 0 aliphatic heterocycles. The molecule has 3 aromatic rings. The minimum absolute atomic E-state index is 0.254. The van der Waals surface area contributed by atoms with Crippen LogP contribution in [0.25, 0.3) is 11.0 Å². The lowest BCUT2D eigenvalue weighted by atomic mass is 10.1. The monoisotopic (exact) mass is 276 g/mol. The third-order valence-electron chi connectivity index (χ3n) is 3.19. The van der Waals surface area contributed by atoms with Crippen LogP contribution in [0.3, 0.4) is 0 Å². The summed E-state index contributed by atoms with van der Waals surface area (Å²) >= 11 is 0. The number of para-hydroxylation sites is 1. The third kappa shape index (κ3) is 2.77. The summed E-state index contributed by atoms with van der Waals surface area (Å²) in [6.45, 7) is 0.390. The summed E-state index contributed by atoms with van der Waals surface area (Å²) in [6.07, 6.45) is 0. The van der Waals surface area contributed by atoms with Crippen molar-refractivity contribution in [3.63, 3.8) is 0 Å². The summed E-state index contributed by atoms with van der Waals surface area (Å²) in [5, 5.41) is 12.4. The molecule has 0 saturated heterocycles. The quantitative estimate of drug-likeness (QED) is 0.798. The molecule has 2 aromatic carbocycles. The van der Waals surface area contributed by atoms with Crippen LogP contribution in [0.5, 0.6) is 0 Å². The first-order valence-electron chi connectivity index (χ1n) is 6.52. The molecule has 1 amide bonds. The average Bonchev–Trinajstić information content (AvgIpc) is 2.97. The number of benzene rings is 2. The second kappa shape index (κ2) is 5.51. The largest absolute Gasteiger partial charge is 0.451 e. The zero-order valence-electron chi connectivity index (χ0n) is 11.2. The predicted octanol–water partition coefficient (Wildman–Crippen LogP) is 3.23. The highest BCUT2D eigenvalue weighted by atomic mass is 16.3. The summed E-state index contributed by atoms with van der Waals surface area (Å²) in [7, 11) is 0. The SMILES string of the molecule is N#Cc1ccc(CNC(=O)c2cc3ccccc3o2)cc1. The van der Waals surface area contributed by atoms with Gasteiger partial charge < -0.3 is 9.73 Å². The number of hydrogen-bond donors (Lipinski definition) is 1. The number of nitriles is 1. The minimum Gasteiger partial charge on any atom is -0.451 e. The topological polar surface area (TPSA) is 66.0 Å². The van der Waals surface area contributed by atoms with Crippen LogP contribution in [-0.4, -0.2) is 5.91 Å². The zero-order valence-corrected chi connectivity index (χ0v) is 11.2. The highest BCUT2D eigenvalue weighted by Crippen LogP contribution is 2.18. The molecule has 102 valence electrons. The minimum atomic E-state index is -0.254. The Balaban J connectivity index is 1.69. The van der Waals surface area contributed by atoms with Crippen molar-refractivity contribution >= 4 is 16.9 Å². The molecular weight excluding hydrogens is 264 g/mol. The lowest BCUT2D eigenvalue weighted by molar-refractivity contribution is 0.0925. The van der Waals surface area contributed by atoms with E-state index in [1.165, 1.54) is 0 Å². The molecule has 0 fully saturated rings. The van der Waals surface area contributed by atoms with Crippen LogP contribution in [0.15, 0.2) is 59.0 Å². The van der Waals surface area contributed by atoms with Crippen molar-refractivity contribution in [2.45, 2.75) is 6.54 Å². The summed E-state index contributed by atoms with van der Waals surface area (Å²) in [6, 6.07) is 18.4. The van der Waals surface area contributed by atoms with Gasteiger partial charge in [0.05, 0.1) is 11.6 Å². The van der Waals surface area contributed by atoms with Crippen LogP contribution >= 0.6 is 0 Å². The number of rotatable bonds is 3. The number of carbonyl (C=O) groups is 1. The van der Waals surface area contributed by atoms with Crippen LogP contribution in [0.2, 0.25) is 0 Å². The van der Waals surface area contributed by atoms with Gasteiger partial charge in [0.2, 0.25) is 0 Å². The van der Waals surface area contributed by atoms with Gasteiger partial charge in [-0.25, -0.2) is 0 Å². The smallest absolute Gasteiger partial charge is 0.287 e. The van der Waals surface area contributed by atoms with E-state index in [1.54, 1.807) is 18.2 Å². The number of fused-ring (bicyclic) bond motifs is 1. The molecule has 0 aliphatic carbocycles. The highest BCUT2D eigenvalue weighted by molar-refractivity contribution is 5.95. The molecule has 1 heterocycles. The van der Waals surface area contributed by atoms with E-state index in [0.717, 1.165) is 10.9 Å². The first kappa shape index (κ1) is 12.9. The van der Waals surface area contributed by atoms with Crippen molar-refractivity contribution in [3.05, 3.63) is 71.5 Å². The predicted molar refractivity (Wildman–Crippen MR) is 78.5 cm³/mol. The Hall–Kier alpha value is -3.06. The molecule has 4 heteroatoms. The van der Waals surface area contributed by atoms with Gasteiger partial charge in [-0.05, 0) is 29.8 Å². The van der Waals surface area contributed by atoms with E-state index >= 15 is 0 Å². The van der Waals surface area contributed by atoms with Crippen molar-refractivity contribution in [2.24, 2.45) is 0 Å². The maximum absolute atomic E-state index is 12.1. The Morgan fingerprint density at radius 3 is 2.62 bits per heavy atom. The van der Waals surface area contributed by atoms with Gasteiger partial charge in [0.25, 0.3) is 5.91 Å². The van der Waals surface area contributed by atoms with Crippen LogP contribution < -0.4 is 5.32 Å². The molecule has 0 spiro atoms. The molecule has 0 saturated carbocycles. The zero-order chi connectivity index (χ0) is 14.7. The first-order valence-corrected chi connectivity index (χ1v) is 6.52. The van der Waals surface area contributed by atoms with E-state index in [1.807, 2.05) is 36.4 Å². The van der Waals surface area contributed by atoms with E-state index in [-0.39, 0.29) is 5.91 Å². The van der Waals surface area contributed by atoms with Gasteiger partial charge in [-0.2, -0.15) is 5.26 Å². The van der Waals surface area contributed by atoms with E-state index in [9.17, 15) is 4.79 Å². The molecule has 0 atom stereocenters. The number of nitrogens with one attached hydrogen (secondary N) is 1. The number of carbonyl (C=O) groups excluding carboxylic acids is 1. The van der Waals surface area contributed by atoms with Gasteiger partial charge in [-0.3, -0.25) is 4.79 Å². The standard InChI is InChI=1S/C17H12N2O2/c18-10-12-5-7-13(8-6-12)11-19-17(20)16-9-14-3-1-2-4-15(14)21-16/h1-9H,11H2,(H,19,20). The van der Waals surface area contributed by atoms with Gasteiger partial charge >= 0.3 is 0 Å². The normalized spacial score (nSPS) is 10.2. The van der Waals surface area contributed by atoms with Crippen molar-refractivity contribution in [1.29, 1.82) is 5.26 Å². The van der Waals surface area contributed by atoms with Crippen LogP contribution in [-0.2, 0) is 6.54 Å². The number of furan rings is 1. The van der Waals surface area contributed by atoms with E-state index in [0.29, 0.717) is 23.5 Å². The first-order chi connectivity index (χ1) is 10.3. The van der Waals surface area contributed by atoms with Gasteiger partial charge in [0.15, 0.2) is 5.76 Å². The van der Waals surface area contributed by atoms with E-state index in [2.05, 4.69) is 11.4 Å². The molecule has 3 rings (SSSR count). The number of amides is 1. The fraction of sp³-hybridized carbons (Fsp3) is 0.0588. The van der Waals surface area contributed by atoms with Gasteiger partial charge in [0, 0.05) is 11.9 Å². The third-order valence-corrected chi connectivity index (χ3v) is 3.19. The van der Waals surface area contributed by atoms with Crippen LogP contribution in [0.1, 0.15) is 21.7 Å². The van der Waals surface area contributed by atoms with Crippen LogP contribution in [0.4, 0.5) is 0 Å². The Morgan fingerprint density at radius 2 is 1.90 bits per heavy atom. The van der Waals surface area contributed by atoms with Crippen LogP contribution in [0, 0.1) is 11.3 Å². The van der Waals surface area contributed by atoms with E-state index in [4.69, 9.17) is 9.68 Å². The van der Waals surface area contributed by atoms with Crippen molar-refractivity contribution < 1.29 is 9.21 Å². The highest BCUT2D eigenvalue weighted by Gasteiger charge is 2.11. The molecule has 1 aromatic heterocycles. The van der Waals surface area contributed by atoms with E-state index < -0.39 is 0 Å². The Kier molecular flexibility index (Phi) is 3.40. The molecule has 4 nitrogen and oxygen atoms in total. The Bertz CT molecular complexity index is 793. The lowest BCUT2D eigenvalue weighted by Crippen LogP contribution is -2.22. The molecular formula is C17H12N2O2. The number of hydrogen-bond acceptors (Lipinski definition) is 3. The molecule has 1 N–H and O–H groups in total. The molecule has 0 unspecified atom stereocenters. The van der Waals surface area contributed by atoms with Crippen molar-refractivity contribution in [3.8, 4) is 6.07 Å². The maximum Gasteiger partial charge on any atom is 0.287 e. The summed E-state index contributed by atoms with van der Waals surface area (Å²) in [5.74, 6) is 0.0420. The lowest BCUT2D eigenvalue weighted by Gasteiger charge is -2.03. The Morgan fingerprint density at radius 1 is 1.14 bits per heavy atom. The second-order valence-corrected chi connectivity index (χ2v) is 4.64. The fourth-order valence-electron chi connectivity index (χ4n) is 2.06. The molecule has 0 bridgehead atoms. The second-order valence-electron chi connectivity index (χ2n) is 4.64. The van der Waals surface area contributed by atoms with Gasteiger partial charge in [-0.15, -0.1) is 0 Å². The Labute approximate surface area is 121 Å².